The minimum Gasteiger partial charge on any atom is -0.462 e. The fraction of sp³-hybridized carbons (Fsp3) is 0.533. The summed E-state index contributed by atoms with van der Waals surface area (Å²) in [4.78, 5) is 27.1. The average Bonchev–Trinajstić information content (AvgIpc) is 2.45. The highest BCUT2D eigenvalue weighted by atomic mass is 32.2. The van der Waals surface area contributed by atoms with Crippen LogP contribution in [0, 0.1) is 6.92 Å². The van der Waals surface area contributed by atoms with Crippen LogP contribution in [-0.2, 0) is 16.6 Å². The number of aromatic nitrogens is 2. The van der Waals surface area contributed by atoms with Gasteiger partial charge in [0.2, 0.25) is 0 Å². The molecule has 0 fully saturated rings. The molecule has 1 rings (SSSR count). The van der Waals surface area contributed by atoms with Crippen molar-refractivity contribution in [1.29, 1.82) is 0 Å². The molecule has 0 bridgehead atoms. The first-order valence-corrected chi connectivity index (χ1v) is 7.90. The van der Waals surface area contributed by atoms with Crippen molar-refractivity contribution in [2.75, 3.05) is 12.4 Å². The second-order valence-electron chi connectivity index (χ2n) is 4.91. The van der Waals surface area contributed by atoms with Gasteiger partial charge in [-0.05, 0) is 33.1 Å². The number of hydrogen-bond acceptors (Lipinski definition) is 5. The summed E-state index contributed by atoms with van der Waals surface area (Å²) in [5.41, 5.74) is 1.08. The van der Waals surface area contributed by atoms with Crippen molar-refractivity contribution in [1.82, 2.24) is 9.55 Å². The number of unbranched alkanes of at least 4 members (excludes halogenated alkanes) is 2. The highest BCUT2D eigenvalue weighted by molar-refractivity contribution is 7.99. The van der Waals surface area contributed by atoms with E-state index in [9.17, 15) is 9.59 Å². The molecule has 0 saturated carbocycles. The van der Waals surface area contributed by atoms with Gasteiger partial charge >= 0.3 is 5.97 Å². The highest BCUT2D eigenvalue weighted by Crippen LogP contribution is 2.15. The molecule has 0 atom stereocenters. The normalized spacial score (nSPS) is 10.4. The second kappa shape index (κ2) is 8.67. The SMILES string of the molecule is C=C(C)C(=O)OCCCCCSc1ncc(C)c(=O)n1C. The van der Waals surface area contributed by atoms with Gasteiger partial charge in [-0.2, -0.15) is 0 Å². The quantitative estimate of drug-likeness (QED) is 0.243. The van der Waals surface area contributed by atoms with Gasteiger partial charge in [0, 0.05) is 30.1 Å². The van der Waals surface area contributed by atoms with Gasteiger partial charge in [-0.1, -0.05) is 18.3 Å². The molecule has 0 aliphatic carbocycles. The molecule has 5 nitrogen and oxygen atoms in total. The average molecular weight is 310 g/mol. The third kappa shape index (κ3) is 5.75. The van der Waals surface area contributed by atoms with Crippen LogP contribution in [0.5, 0.6) is 0 Å². The molecule has 0 aliphatic rings. The Morgan fingerprint density at radius 3 is 2.81 bits per heavy atom. The van der Waals surface area contributed by atoms with E-state index in [4.69, 9.17) is 4.74 Å². The van der Waals surface area contributed by atoms with Crippen LogP contribution in [0.3, 0.4) is 0 Å². The van der Waals surface area contributed by atoms with Gasteiger partial charge in [0.15, 0.2) is 5.16 Å². The van der Waals surface area contributed by atoms with Gasteiger partial charge < -0.3 is 4.74 Å². The Morgan fingerprint density at radius 1 is 1.43 bits per heavy atom. The lowest BCUT2D eigenvalue weighted by molar-refractivity contribution is -0.139. The Hall–Kier alpha value is -1.56. The summed E-state index contributed by atoms with van der Waals surface area (Å²) < 4.78 is 6.59. The zero-order valence-corrected chi connectivity index (χ0v) is 13.7. The van der Waals surface area contributed by atoms with E-state index in [1.54, 1.807) is 43.4 Å². The smallest absolute Gasteiger partial charge is 0.333 e. The first kappa shape index (κ1) is 17.5. The third-order valence-corrected chi connectivity index (χ3v) is 4.03. The third-order valence-electron chi connectivity index (χ3n) is 2.90. The number of thioether (sulfide) groups is 1. The molecular formula is C15H22N2O3S. The van der Waals surface area contributed by atoms with E-state index in [1.807, 2.05) is 0 Å². The van der Waals surface area contributed by atoms with Crippen LogP contribution >= 0.6 is 11.8 Å². The fourth-order valence-electron chi connectivity index (χ4n) is 1.61. The summed E-state index contributed by atoms with van der Waals surface area (Å²) in [7, 11) is 1.74. The lowest BCUT2D eigenvalue weighted by atomic mass is 10.3. The van der Waals surface area contributed by atoms with Crippen molar-refractivity contribution in [2.45, 2.75) is 38.3 Å². The van der Waals surface area contributed by atoms with Crippen LogP contribution < -0.4 is 5.56 Å². The molecule has 1 aromatic heterocycles. The van der Waals surface area contributed by atoms with Crippen molar-refractivity contribution in [3.05, 3.63) is 34.3 Å². The fourth-order valence-corrected chi connectivity index (χ4v) is 2.55. The minimum atomic E-state index is -0.330. The van der Waals surface area contributed by atoms with E-state index in [0.717, 1.165) is 30.2 Å². The van der Waals surface area contributed by atoms with Crippen LogP contribution in [0.4, 0.5) is 0 Å². The molecule has 21 heavy (non-hydrogen) atoms. The monoisotopic (exact) mass is 310 g/mol. The lowest BCUT2D eigenvalue weighted by Gasteiger charge is -2.07. The van der Waals surface area contributed by atoms with E-state index < -0.39 is 0 Å². The van der Waals surface area contributed by atoms with Gasteiger partial charge in [0.05, 0.1) is 6.61 Å². The van der Waals surface area contributed by atoms with Gasteiger partial charge in [-0.3, -0.25) is 9.36 Å². The van der Waals surface area contributed by atoms with E-state index >= 15 is 0 Å². The molecule has 0 aliphatic heterocycles. The topological polar surface area (TPSA) is 61.2 Å². The van der Waals surface area contributed by atoms with Crippen LogP contribution in [0.2, 0.25) is 0 Å². The molecule has 0 spiro atoms. The molecule has 116 valence electrons. The summed E-state index contributed by atoms with van der Waals surface area (Å²) in [6, 6.07) is 0. The largest absolute Gasteiger partial charge is 0.462 e. The van der Waals surface area contributed by atoms with E-state index in [0.29, 0.717) is 17.7 Å². The minimum absolute atomic E-state index is 0.000734. The predicted octanol–water partition coefficient (Wildman–Crippen LogP) is 2.47. The van der Waals surface area contributed by atoms with Crippen molar-refractivity contribution < 1.29 is 9.53 Å². The van der Waals surface area contributed by atoms with Crippen LogP contribution in [0.25, 0.3) is 0 Å². The Morgan fingerprint density at radius 2 is 2.14 bits per heavy atom. The van der Waals surface area contributed by atoms with Gasteiger partial charge in [-0.25, -0.2) is 9.78 Å². The molecule has 0 N–H and O–H groups in total. The number of ether oxygens (including phenoxy) is 1. The zero-order chi connectivity index (χ0) is 15.8. The van der Waals surface area contributed by atoms with Crippen molar-refractivity contribution in [3.8, 4) is 0 Å². The molecule has 0 unspecified atom stereocenters. The standard InChI is InChI=1S/C15H22N2O3S/c1-11(2)14(19)20-8-6-5-7-9-21-15-16-10-12(3)13(18)17(15)4/h10H,1,5-9H2,2-4H3. The van der Waals surface area contributed by atoms with Gasteiger partial charge in [0.1, 0.15) is 0 Å². The highest BCUT2D eigenvalue weighted by Gasteiger charge is 2.05. The maximum Gasteiger partial charge on any atom is 0.333 e. The Balaban J connectivity index is 2.21. The summed E-state index contributed by atoms with van der Waals surface area (Å²) in [6.07, 6.45) is 4.40. The van der Waals surface area contributed by atoms with Gasteiger partial charge in [0.25, 0.3) is 5.56 Å². The van der Waals surface area contributed by atoms with E-state index in [-0.39, 0.29) is 11.5 Å². The molecule has 6 heteroatoms. The number of rotatable bonds is 8. The predicted molar refractivity (Wildman–Crippen MR) is 84.6 cm³/mol. The number of carbonyl (C=O) groups excluding carboxylic acids is 1. The van der Waals surface area contributed by atoms with E-state index in [1.165, 1.54) is 0 Å². The number of carbonyl (C=O) groups is 1. The number of esters is 1. The second-order valence-corrected chi connectivity index (χ2v) is 5.98. The summed E-state index contributed by atoms with van der Waals surface area (Å²) in [5.74, 6) is 0.556. The van der Waals surface area contributed by atoms with Crippen LogP contribution in [-0.4, -0.2) is 27.9 Å². The molecule has 1 aromatic rings. The molecule has 0 aromatic carbocycles. The molecule has 1 heterocycles. The maximum atomic E-state index is 11.7. The molecule has 0 amide bonds. The number of hydrogen-bond donors (Lipinski definition) is 0. The van der Waals surface area contributed by atoms with Crippen LogP contribution in [0.1, 0.15) is 31.7 Å². The van der Waals surface area contributed by atoms with Crippen molar-refractivity contribution >= 4 is 17.7 Å². The van der Waals surface area contributed by atoms with Crippen molar-refractivity contribution in [3.63, 3.8) is 0 Å². The van der Waals surface area contributed by atoms with Crippen molar-refractivity contribution in [2.24, 2.45) is 7.05 Å². The Kier molecular flexibility index (Phi) is 7.22. The summed E-state index contributed by atoms with van der Waals surface area (Å²) in [5, 5.41) is 0.735. The number of aryl methyl sites for hydroxylation is 1. The first-order chi connectivity index (χ1) is 9.93. The van der Waals surface area contributed by atoms with E-state index in [2.05, 4.69) is 11.6 Å². The zero-order valence-electron chi connectivity index (χ0n) is 12.8. The molecular weight excluding hydrogens is 288 g/mol. The Labute approximate surface area is 129 Å². The van der Waals surface area contributed by atoms with Gasteiger partial charge in [-0.15, -0.1) is 0 Å². The summed E-state index contributed by atoms with van der Waals surface area (Å²) in [6.45, 7) is 7.35. The molecule has 0 saturated heterocycles. The summed E-state index contributed by atoms with van der Waals surface area (Å²) >= 11 is 1.57. The first-order valence-electron chi connectivity index (χ1n) is 6.91. The Bertz CT molecular complexity index is 567. The lowest BCUT2D eigenvalue weighted by Crippen LogP contribution is -2.21. The number of nitrogens with zero attached hydrogens (tertiary/aromatic N) is 2. The van der Waals surface area contributed by atoms with Crippen LogP contribution in [0.15, 0.2) is 28.3 Å². The molecule has 0 radical (unpaired) electrons. The maximum absolute atomic E-state index is 11.7.